The number of benzene rings is 1. The molecule has 2 rings (SSSR count). The highest BCUT2D eigenvalue weighted by atomic mass is 79.9. The third kappa shape index (κ3) is 2.33. The third-order valence-electron chi connectivity index (χ3n) is 2.99. The Morgan fingerprint density at radius 3 is 2.59 bits per heavy atom. The first kappa shape index (κ1) is 12.5. The van der Waals surface area contributed by atoms with Gasteiger partial charge in [-0.25, -0.2) is 0 Å². The molecule has 1 unspecified atom stereocenters. The molecule has 0 aliphatic heterocycles. The van der Waals surface area contributed by atoms with E-state index in [0.717, 1.165) is 34.4 Å². The molecule has 1 aliphatic carbocycles. The van der Waals surface area contributed by atoms with E-state index in [0.29, 0.717) is 0 Å². The van der Waals surface area contributed by atoms with E-state index in [-0.39, 0.29) is 6.04 Å². The van der Waals surface area contributed by atoms with Gasteiger partial charge in [0, 0.05) is 11.6 Å². The van der Waals surface area contributed by atoms with E-state index in [9.17, 15) is 0 Å². The second-order valence-electron chi connectivity index (χ2n) is 4.06. The normalized spacial score (nSPS) is 19.1. The van der Waals surface area contributed by atoms with Crippen molar-refractivity contribution in [3.05, 3.63) is 28.2 Å². The Morgan fingerprint density at radius 1 is 1.29 bits per heavy atom. The van der Waals surface area contributed by atoms with Crippen LogP contribution in [-0.2, 0) is 0 Å². The molecular formula is C13H16BrNO2. The van der Waals surface area contributed by atoms with E-state index in [2.05, 4.69) is 22.0 Å². The zero-order valence-corrected chi connectivity index (χ0v) is 11.6. The Labute approximate surface area is 110 Å². The van der Waals surface area contributed by atoms with Crippen LogP contribution in [0.5, 0.6) is 11.5 Å². The van der Waals surface area contributed by atoms with E-state index in [4.69, 9.17) is 15.2 Å². The summed E-state index contributed by atoms with van der Waals surface area (Å²) < 4.78 is 11.6. The fraction of sp³-hybridized carbons (Fsp3) is 0.385. The first-order valence-corrected chi connectivity index (χ1v) is 6.33. The molecular weight excluding hydrogens is 282 g/mol. The zero-order valence-electron chi connectivity index (χ0n) is 10.00. The van der Waals surface area contributed by atoms with Gasteiger partial charge >= 0.3 is 0 Å². The average Bonchev–Trinajstić information content (AvgIpc) is 2.75. The maximum Gasteiger partial charge on any atom is 0.144 e. The number of nitrogens with two attached hydrogens (primary N) is 1. The predicted octanol–water partition coefficient (Wildman–Crippen LogP) is 2.97. The summed E-state index contributed by atoms with van der Waals surface area (Å²) in [7, 11) is 3.31. The molecule has 0 spiro atoms. The SMILES string of the molecule is COc1ccc(C2=CC(N)CC2)c(OC)c1Br. The van der Waals surface area contributed by atoms with Crippen LogP contribution >= 0.6 is 15.9 Å². The molecule has 0 radical (unpaired) electrons. The summed E-state index contributed by atoms with van der Waals surface area (Å²) in [5.41, 5.74) is 8.23. The molecule has 3 nitrogen and oxygen atoms in total. The molecule has 4 heteroatoms. The van der Waals surface area contributed by atoms with Crippen molar-refractivity contribution in [2.75, 3.05) is 14.2 Å². The Kier molecular flexibility index (Phi) is 3.74. The second-order valence-corrected chi connectivity index (χ2v) is 4.85. The summed E-state index contributed by atoms with van der Waals surface area (Å²) in [4.78, 5) is 0. The van der Waals surface area contributed by atoms with Crippen LogP contribution in [0.25, 0.3) is 5.57 Å². The summed E-state index contributed by atoms with van der Waals surface area (Å²) in [5, 5.41) is 0. The van der Waals surface area contributed by atoms with Gasteiger partial charge in [-0.3, -0.25) is 0 Å². The molecule has 0 heterocycles. The van der Waals surface area contributed by atoms with Crippen LogP contribution in [0.4, 0.5) is 0 Å². The van der Waals surface area contributed by atoms with Gasteiger partial charge in [-0.2, -0.15) is 0 Å². The number of halogens is 1. The molecule has 2 N–H and O–H groups in total. The highest BCUT2D eigenvalue weighted by Crippen LogP contribution is 2.42. The standard InChI is InChI=1S/C13H16BrNO2/c1-16-11-6-5-10(13(17-2)12(11)14)8-3-4-9(15)7-8/h5-7,9H,3-4,15H2,1-2H3. The van der Waals surface area contributed by atoms with Crippen molar-refractivity contribution in [1.29, 1.82) is 0 Å². The topological polar surface area (TPSA) is 44.5 Å². The van der Waals surface area contributed by atoms with E-state index >= 15 is 0 Å². The molecule has 0 saturated carbocycles. The fourth-order valence-electron chi connectivity index (χ4n) is 2.12. The van der Waals surface area contributed by atoms with Crippen molar-refractivity contribution >= 4 is 21.5 Å². The molecule has 0 aromatic heterocycles. The molecule has 92 valence electrons. The smallest absolute Gasteiger partial charge is 0.144 e. The van der Waals surface area contributed by atoms with Gasteiger partial charge in [-0.1, -0.05) is 6.08 Å². The lowest BCUT2D eigenvalue weighted by Gasteiger charge is -2.14. The quantitative estimate of drug-likeness (QED) is 0.933. The lowest BCUT2D eigenvalue weighted by Crippen LogP contribution is -2.11. The van der Waals surface area contributed by atoms with Crippen molar-refractivity contribution in [3.63, 3.8) is 0 Å². The first-order chi connectivity index (χ1) is 8.17. The maximum atomic E-state index is 5.89. The highest BCUT2D eigenvalue weighted by molar-refractivity contribution is 9.10. The van der Waals surface area contributed by atoms with Crippen LogP contribution in [0.1, 0.15) is 18.4 Å². The maximum absolute atomic E-state index is 5.89. The summed E-state index contributed by atoms with van der Waals surface area (Å²) >= 11 is 3.51. The Bertz CT molecular complexity index is 457. The minimum Gasteiger partial charge on any atom is -0.495 e. The minimum absolute atomic E-state index is 0.163. The molecule has 0 bridgehead atoms. The van der Waals surface area contributed by atoms with Crippen LogP contribution in [-0.4, -0.2) is 20.3 Å². The van der Waals surface area contributed by atoms with Gasteiger partial charge < -0.3 is 15.2 Å². The van der Waals surface area contributed by atoms with Crippen molar-refractivity contribution < 1.29 is 9.47 Å². The van der Waals surface area contributed by atoms with E-state index < -0.39 is 0 Å². The summed E-state index contributed by atoms with van der Waals surface area (Å²) in [6.07, 6.45) is 4.11. The van der Waals surface area contributed by atoms with Gasteiger partial charge in [0.2, 0.25) is 0 Å². The lowest BCUT2D eigenvalue weighted by atomic mass is 10.0. The Morgan fingerprint density at radius 2 is 2.06 bits per heavy atom. The summed E-state index contributed by atoms with van der Waals surface area (Å²) in [6.45, 7) is 0. The second kappa shape index (κ2) is 5.10. The van der Waals surface area contributed by atoms with Crippen LogP contribution in [0.15, 0.2) is 22.7 Å². The Hall–Kier alpha value is -1.00. The summed E-state index contributed by atoms with van der Waals surface area (Å²) in [5.74, 6) is 1.58. The number of hydrogen-bond donors (Lipinski definition) is 1. The van der Waals surface area contributed by atoms with Crippen molar-refractivity contribution in [2.24, 2.45) is 5.73 Å². The van der Waals surface area contributed by atoms with Crippen LogP contribution < -0.4 is 15.2 Å². The largest absolute Gasteiger partial charge is 0.495 e. The van der Waals surface area contributed by atoms with Gasteiger partial charge in [0.25, 0.3) is 0 Å². The lowest BCUT2D eigenvalue weighted by molar-refractivity contribution is 0.388. The predicted molar refractivity (Wildman–Crippen MR) is 72.4 cm³/mol. The number of ether oxygens (including phenoxy) is 2. The van der Waals surface area contributed by atoms with E-state index in [1.165, 1.54) is 5.57 Å². The number of allylic oxidation sites excluding steroid dienone is 1. The number of rotatable bonds is 3. The van der Waals surface area contributed by atoms with Gasteiger partial charge in [-0.05, 0) is 46.5 Å². The molecule has 0 saturated heterocycles. The van der Waals surface area contributed by atoms with Crippen LogP contribution in [0.2, 0.25) is 0 Å². The number of hydrogen-bond acceptors (Lipinski definition) is 3. The third-order valence-corrected chi connectivity index (χ3v) is 3.74. The van der Waals surface area contributed by atoms with Crippen molar-refractivity contribution in [3.8, 4) is 11.5 Å². The van der Waals surface area contributed by atoms with E-state index in [1.54, 1.807) is 14.2 Å². The van der Waals surface area contributed by atoms with Crippen LogP contribution in [0.3, 0.4) is 0 Å². The average molecular weight is 298 g/mol. The molecule has 0 amide bonds. The van der Waals surface area contributed by atoms with Gasteiger partial charge in [-0.15, -0.1) is 0 Å². The Balaban J connectivity index is 2.48. The first-order valence-electron chi connectivity index (χ1n) is 5.54. The number of methoxy groups -OCH3 is 2. The highest BCUT2D eigenvalue weighted by Gasteiger charge is 2.19. The van der Waals surface area contributed by atoms with Crippen LogP contribution in [0, 0.1) is 0 Å². The zero-order chi connectivity index (χ0) is 12.4. The molecule has 1 atom stereocenters. The molecule has 1 aromatic carbocycles. The van der Waals surface area contributed by atoms with Crippen molar-refractivity contribution in [2.45, 2.75) is 18.9 Å². The molecule has 1 aromatic rings. The fourth-order valence-corrected chi connectivity index (χ4v) is 2.79. The van der Waals surface area contributed by atoms with Gasteiger partial charge in [0.15, 0.2) is 0 Å². The van der Waals surface area contributed by atoms with E-state index in [1.807, 2.05) is 12.1 Å². The summed E-state index contributed by atoms with van der Waals surface area (Å²) in [6, 6.07) is 4.12. The monoisotopic (exact) mass is 297 g/mol. The molecule has 1 aliphatic rings. The molecule has 0 fully saturated rings. The van der Waals surface area contributed by atoms with Gasteiger partial charge in [0.05, 0.1) is 14.2 Å². The molecule has 17 heavy (non-hydrogen) atoms. The minimum atomic E-state index is 0.163. The van der Waals surface area contributed by atoms with Crippen molar-refractivity contribution in [1.82, 2.24) is 0 Å². The van der Waals surface area contributed by atoms with Gasteiger partial charge in [0.1, 0.15) is 16.0 Å².